The van der Waals surface area contributed by atoms with E-state index in [4.69, 9.17) is 4.74 Å². The molecule has 1 N–H and O–H groups in total. The van der Waals surface area contributed by atoms with Crippen LogP contribution in [0.1, 0.15) is 30.1 Å². The summed E-state index contributed by atoms with van der Waals surface area (Å²) in [6.07, 6.45) is 2.32. The van der Waals surface area contributed by atoms with E-state index in [1.165, 1.54) is 19.1 Å². The van der Waals surface area contributed by atoms with Gasteiger partial charge in [0.15, 0.2) is 12.4 Å². The largest absolute Gasteiger partial charge is 0.483 e. The van der Waals surface area contributed by atoms with E-state index in [1.54, 1.807) is 0 Å². The Morgan fingerprint density at radius 1 is 1.42 bits per heavy atom. The summed E-state index contributed by atoms with van der Waals surface area (Å²) in [7, 11) is 0. The van der Waals surface area contributed by atoms with Gasteiger partial charge in [0, 0.05) is 6.54 Å². The van der Waals surface area contributed by atoms with Crippen LogP contribution in [0.25, 0.3) is 0 Å². The normalized spacial score (nSPS) is 14.0. The van der Waals surface area contributed by atoms with E-state index in [-0.39, 0.29) is 29.6 Å². The second-order valence-electron chi connectivity index (χ2n) is 4.73. The lowest BCUT2D eigenvalue weighted by Crippen LogP contribution is -2.30. The molecule has 0 heterocycles. The third kappa shape index (κ3) is 4.05. The summed E-state index contributed by atoms with van der Waals surface area (Å²) in [5.74, 6) is -0.202. The predicted octanol–water partition coefficient (Wildman–Crippen LogP) is 1.93. The molecule has 1 aliphatic rings. The average molecular weight is 265 g/mol. The van der Waals surface area contributed by atoms with E-state index in [0.717, 1.165) is 18.9 Å². The number of rotatable bonds is 6. The summed E-state index contributed by atoms with van der Waals surface area (Å²) >= 11 is 0. The topological polar surface area (TPSA) is 55.4 Å². The molecule has 4 nitrogen and oxygen atoms in total. The van der Waals surface area contributed by atoms with Crippen molar-refractivity contribution in [3.8, 4) is 5.75 Å². The van der Waals surface area contributed by atoms with Crippen molar-refractivity contribution in [2.75, 3.05) is 13.2 Å². The van der Waals surface area contributed by atoms with Crippen molar-refractivity contribution in [2.24, 2.45) is 5.92 Å². The number of carbonyl (C=O) groups excluding carboxylic acids is 2. The number of ketones is 1. The van der Waals surface area contributed by atoms with Crippen LogP contribution in [0.15, 0.2) is 18.2 Å². The molecule has 2 rings (SSSR count). The number of amides is 1. The minimum Gasteiger partial charge on any atom is -0.483 e. The molecule has 1 aromatic rings. The van der Waals surface area contributed by atoms with Crippen LogP contribution in [0.5, 0.6) is 5.75 Å². The summed E-state index contributed by atoms with van der Waals surface area (Å²) in [5, 5.41) is 2.75. The van der Waals surface area contributed by atoms with E-state index in [0.29, 0.717) is 12.5 Å². The molecule has 0 aromatic heterocycles. The minimum absolute atomic E-state index is 0.148. The van der Waals surface area contributed by atoms with Crippen LogP contribution in [0.2, 0.25) is 0 Å². The first-order chi connectivity index (χ1) is 9.06. The van der Waals surface area contributed by atoms with Gasteiger partial charge in [0.1, 0.15) is 11.6 Å². The highest BCUT2D eigenvalue weighted by atomic mass is 19.1. The summed E-state index contributed by atoms with van der Waals surface area (Å²) in [6.45, 7) is 1.83. The lowest BCUT2D eigenvalue weighted by atomic mass is 10.1. The first-order valence-corrected chi connectivity index (χ1v) is 6.26. The van der Waals surface area contributed by atoms with Crippen molar-refractivity contribution < 1.29 is 18.7 Å². The van der Waals surface area contributed by atoms with E-state index in [2.05, 4.69) is 5.32 Å². The van der Waals surface area contributed by atoms with Crippen molar-refractivity contribution in [1.82, 2.24) is 5.32 Å². The van der Waals surface area contributed by atoms with Crippen molar-refractivity contribution >= 4 is 11.7 Å². The molecule has 1 aromatic carbocycles. The molecule has 1 aliphatic carbocycles. The quantitative estimate of drug-likeness (QED) is 0.800. The number of benzene rings is 1. The number of carbonyl (C=O) groups is 2. The van der Waals surface area contributed by atoms with Crippen LogP contribution in [-0.4, -0.2) is 24.8 Å². The maximum atomic E-state index is 13.0. The van der Waals surface area contributed by atoms with Crippen LogP contribution >= 0.6 is 0 Å². The van der Waals surface area contributed by atoms with Crippen LogP contribution in [-0.2, 0) is 4.79 Å². The molecule has 0 bridgehead atoms. The van der Waals surface area contributed by atoms with Crippen LogP contribution in [0.3, 0.4) is 0 Å². The summed E-state index contributed by atoms with van der Waals surface area (Å²) < 4.78 is 18.3. The van der Waals surface area contributed by atoms with Crippen LogP contribution in [0.4, 0.5) is 4.39 Å². The van der Waals surface area contributed by atoms with Crippen LogP contribution < -0.4 is 10.1 Å². The zero-order chi connectivity index (χ0) is 13.8. The molecular formula is C14H16FNO3. The molecule has 5 heteroatoms. The Labute approximate surface area is 110 Å². The van der Waals surface area contributed by atoms with Gasteiger partial charge in [0.05, 0.1) is 5.56 Å². The van der Waals surface area contributed by atoms with Gasteiger partial charge in [0.2, 0.25) is 0 Å². The second-order valence-corrected chi connectivity index (χ2v) is 4.73. The molecule has 19 heavy (non-hydrogen) atoms. The van der Waals surface area contributed by atoms with Gasteiger partial charge in [0.25, 0.3) is 5.91 Å². The predicted molar refractivity (Wildman–Crippen MR) is 67.6 cm³/mol. The van der Waals surface area contributed by atoms with Gasteiger partial charge in [-0.15, -0.1) is 0 Å². The molecule has 1 saturated carbocycles. The van der Waals surface area contributed by atoms with E-state index in [9.17, 15) is 14.0 Å². The number of hydrogen-bond donors (Lipinski definition) is 1. The maximum absolute atomic E-state index is 13.0. The zero-order valence-corrected chi connectivity index (χ0v) is 10.7. The SMILES string of the molecule is CC(=O)c1cc(F)ccc1OCC(=O)NCC1CC1. The first kappa shape index (κ1) is 13.5. The number of halogens is 1. The van der Waals surface area contributed by atoms with Crippen molar-refractivity contribution in [2.45, 2.75) is 19.8 Å². The Hall–Kier alpha value is -1.91. The lowest BCUT2D eigenvalue weighted by molar-refractivity contribution is -0.123. The fourth-order valence-corrected chi connectivity index (χ4v) is 1.68. The first-order valence-electron chi connectivity index (χ1n) is 6.26. The van der Waals surface area contributed by atoms with Gasteiger partial charge in [-0.1, -0.05) is 0 Å². The van der Waals surface area contributed by atoms with Gasteiger partial charge in [-0.3, -0.25) is 9.59 Å². The van der Waals surface area contributed by atoms with Crippen molar-refractivity contribution in [1.29, 1.82) is 0 Å². The fourth-order valence-electron chi connectivity index (χ4n) is 1.68. The van der Waals surface area contributed by atoms with E-state index < -0.39 is 5.82 Å². The van der Waals surface area contributed by atoms with Gasteiger partial charge in [-0.25, -0.2) is 4.39 Å². The second kappa shape index (κ2) is 5.82. The Bertz CT molecular complexity index is 497. The number of nitrogens with one attached hydrogen (secondary N) is 1. The average Bonchev–Trinajstić information content (AvgIpc) is 3.18. The smallest absolute Gasteiger partial charge is 0.257 e. The van der Waals surface area contributed by atoms with Gasteiger partial charge >= 0.3 is 0 Å². The third-order valence-electron chi connectivity index (χ3n) is 2.96. The number of ether oxygens (including phenoxy) is 1. The summed E-state index contributed by atoms with van der Waals surface area (Å²) in [4.78, 5) is 22.8. The van der Waals surface area contributed by atoms with E-state index >= 15 is 0 Å². The van der Waals surface area contributed by atoms with Crippen LogP contribution in [0, 0.1) is 11.7 Å². The highest BCUT2D eigenvalue weighted by molar-refractivity contribution is 5.96. The van der Waals surface area contributed by atoms with Gasteiger partial charge < -0.3 is 10.1 Å². The monoisotopic (exact) mass is 265 g/mol. The third-order valence-corrected chi connectivity index (χ3v) is 2.96. The van der Waals surface area contributed by atoms with E-state index in [1.807, 2.05) is 0 Å². The molecule has 0 atom stereocenters. The molecule has 0 spiro atoms. The Morgan fingerprint density at radius 3 is 2.79 bits per heavy atom. The Balaban J connectivity index is 1.90. The fraction of sp³-hybridized carbons (Fsp3) is 0.429. The van der Waals surface area contributed by atoms with Gasteiger partial charge in [-0.2, -0.15) is 0 Å². The van der Waals surface area contributed by atoms with Crippen molar-refractivity contribution in [3.05, 3.63) is 29.6 Å². The standard InChI is InChI=1S/C14H16FNO3/c1-9(17)12-6-11(15)4-5-13(12)19-8-14(18)16-7-10-2-3-10/h4-6,10H,2-3,7-8H2,1H3,(H,16,18). The Kier molecular flexibility index (Phi) is 4.14. The molecule has 1 fully saturated rings. The maximum Gasteiger partial charge on any atom is 0.257 e. The van der Waals surface area contributed by atoms with Gasteiger partial charge in [-0.05, 0) is 43.9 Å². The Morgan fingerprint density at radius 2 is 2.16 bits per heavy atom. The molecule has 0 saturated heterocycles. The zero-order valence-electron chi connectivity index (χ0n) is 10.7. The highest BCUT2D eigenvalue weighted by Crippen LogP contribution is 2.27. The van der Waals surface area contributed by atoms with Crippen molar-refractivity contribution in [3.63, 3.8) is 0 Å². The summed E-state index contributed by atoms with van der Waals surface area (Å²) in [6, 6.07) is 3.67. The molecule has 0 aliphatic heterocycles. The highest BCUT2D eigenvalue weighted by Gasteiger charge is 2.21. The number of hydrogen-bond acceptors (Lipinski definition) is 3. The summed E-state index contributed by atoms with van der Waals surface area (Å²) in [5.41, 5.74) is 0.148. The molecule has 1 amide bonds. The minimum atomic E-state index is -0.504. The molecule has 0 radical (unpaired) electrons. The molecule has 0 unspecified atom stereocenters. The molecular weight excluding hydrogens is 249 g/mol. The number of Topliss-reactive ketones (excluding diaryl/α,β-unsaturated/α-hetero) is 1. The molecule has 102 valence electrons. The lowest BCUT2D eigenvalue weighted by Gasteiger charge is -2.10.